The van der Waals surface area contributed by atoms with Crippen molar-refractivity contribution >= 4 is 32.0 Å². The minimum atomic E-state index is -3.83. The molecular formula is C8H12N4O5S2. The van der Waals surface area contributed by atoms with Crippen molar-refractivity contribution in [1.29, 1.82) is 0 Å². The van der Waals surface area contributed by atoms with Crippen LogP contribution in [0.4, 0.5) is 10.7 Å². The Bertz CT molecular complexity index is 598. The number of β-amino-alcohol motifs (C(OH)–C–C–N with tert-alkyl or cyclic N) is 1. The van der Waals surface area contributed by atoms with Gasteiger partial charge in [-0.1, -0.05) is 11.3 Å². The molecule has 4 N–H and O–H groups in total. The molecule has 0 radical (unpaired) electrons. The number of nitrogens with zero attached hydrogens (tertiary/aromatic N) is 2. The second-order valence-electron chi connectivity index (χ2n) is 3.99. The average Bonchev–Trinajstić information content (AvgIpc) is 2.94. The van der Waals surface area contributed by atoms with Crippen molar-refractivity contribution in [3.05, 3.63) is 16.2 Å². The van der Waals surface area contributed by atoms with Crippen molar-refractivity contribution in [2.45, 2.75) is 16.7 Å². The van der Waals surface area contributed by atoms with E-state index in [1.54, 1.807) is 0 Å². The first-order valence-corrected chi connectivity index (χ1v) is 7.55. The van der Waals surface area contributed by atoms with Gasteiger partial charge in [0.05, 0.1) is 11.0 Å². The summed E-state index contributed by atoms with van der Waals surface area (Å²) in [5, 5.41) is 20.1. The molecule has 11 heteroatoms. The normalized spacial score (nSPS) is 20.6. The second kappa shape index (κ2) is 5.02. The average molecular weight is 308 g/mol. The number of sulfonamides is 1. The van der Waals surface area contributed by atoms with Gasteiger partial charge in [-0.25, -0.2) is 14.3 Å². The van der Waals surface area contributed by atoms with Gasteiger partial charge in [0.1, 0.15) is 4.21 Å². The third-order valence-electron chi connectivity index (χ3n) is 2.74. The number of hydrogen-bond acceptors (Lipinski definition) is 8. The number of hydrazine groups is 1. The molecular weight excluding hydrogens is 296 g/mol. The maximum atomic E-state index is 12.2. The van der Waals surface area contributed by atoms with E-state index in [-0.39, 0.29) is 28.0 Å². The van der Waals surface area contributed by atoms with Crippen LogP contribution in [0.5, 0.6) is 0 Å². The monoisotopic (exact) mass is 308 g/mol. The molecule has 1 unspecified atom stereocenters. The molecule has 106 valence electrons. The van der Waals surface area contributed by atoms with E-state index in [2.05, 4.69) is 5.43 Å². The number of nitro groups is 1. The highest BCUT2D eigenvalue weighted by atomic mass is 32.2. The lowest BCUT2D eigenvalue weighted by molar-refractivity contribution is -0.383. The van der Waals surface area contributed by atoms with E-state index in [1.165, 1.54) is 0 Å². The molecule has 1 aliphatic rings. The molecule has 0 amide bonds. The summed E-state index contributed by atoms with van der Waals surface area (Å²) in [6.45, 7) is 0.194. The zero-order valence-corrected chi connectivity index (χ0v) is 11.3. The van der Waals surface area contributed by atoms with Crippen molar-refractivity contribution < 1.29 is 18.4 Å². The van der Waals surface area contributed by atoms with Crippen LogP contribution >= 0.6 is 11.3 Å². The third kappa shape index (κ3) is 2.55. The van der Waals surface area contributed by atoms with Crippen molar-refractivity contribution in [2.24, 2.45) is 5.84 Å². The van der Waals surface area contributed by atoms with Crippen molar-refractivity contribution in [3.8, 4) is 0 Å². The van der Waals surface area contributed by atoms with E-state index >= 15 is 0 Å². The highest BCUT2D eigenvalue weighted by Gasteiger charge is 2.35. The van der Waals surface area contributed by atoms with Gasteiger partial charge in [-0.3, -0.25) is 10.1 Å². The van der Waals surface area contributed by atoms with Crippen LogP contribution in [0.2, 0.25) is 0 Å². The first kappa shape index (κ1) is 14.1. The summed E-state index contributed by atoms with van der Waals surface area (Å²) in [7, 11) is -3.83. The van der Waals surface area contributed by atoms with Crippen molar-refractivity contribution in [1.82, 2.24) is 4.31 Å². The van der Waals surface area contributed by atoms with Crippen LogP contribution in [0.3, 0.4) is 0 Å². The molecule has 0 aliphatic carbocycles. The summed E-state index contributed by atoms with van der Waals surface area (Å²) in [5.41, 5.74) is 1.73. The largest absolute Gasteiger partial charge is 0.392 e. The number of aliphatic hydroxyl groups is 1. The fourth-order valence-corrected chi connectivity index (χ4v) is 4.67. The van der Waals surface area contributed by atoms with Crippen LogP contribution < -0.4 is 11.3 Å². The third-order valence-corrected chi connectivity index (χ3v) is 6.11. The molecule has 1 saturated heterocycles. The van der Waals surface area contributed by atoms with Gasteiger partial charge in [0, 0.05) is 19.2 Å². The fraction of sp³-hybridized carbons (Fsp3) is 0.500. The zero-order valence-electron chi connectivity index (χ0n) is 9.64. The number of anilines is 1. The van der Waals surface area contributed by atoms with Gasteiger partial charge in [-0.05, 0) is 6.42 Å². The van der Waals surface area contributed by atoms with Gasteiger partial charge in [0.15, 0.2) is 5.00 Å². The Morgan fingerprint density at radius 1 is 1.63 bits per heavy atom. The van der Waals surface area contributed by atoms with Crippen LogP contribution in [-0.4, -0.2) is 41.9 Å². The highest BCUT2D eigenvalue weighted by Crippen LogP contribution is 2.38. The first-order chi connectivity index (χ1) is 8.86. The van der Waals surface area contributed by atoms with Gasteiger partial charge in [-0.2, -0.15) is 4.31 Å². The minimum absolute atomic E-state index is 0.000578. The lowest BCUT2D eigenvalue weighted by Gasteiger charge is -2.13. The molecule has 0 spiro atoms. The molecule has 9 nitrogen and oxygen atoms in total. The molecule has 2 heterocycles. The molecule has 1 aromatic rings. The Morgan fingerprint density at radius 2 is 2.32 bits per heavy atom. The van der Waals surface area contributed by atoms with Crippen LogP contribution in [0.1, 0.15) is 6.42 Å². The van der Waals surface area contributed by atoms with Crippen LogP contribution in [0.25, 0.3) is 0 Å². The Kier molecular flexibility index (Phi) is 3.73. The molecule has 1 aliphatic heterocycles. The minimum Gasteiger partial charge on any atom is -0.392 e. The quantitative estimate of drug-likeness (QED) is 0.394. The molecule has 0 bridgehead atoms. The Hall–Kier alpha value is -1.27. The van der Waals surface area contributed by atoms with Gasteiger partial charge < -0.3 is 10.5 Å². The van der Waals surface area contributed by atoms with Crippen LogP contribution in [0, 0.1) is 10.1 Å². The first-order valence-electron chi connectivity index (χ1n) is 5.29. The van der Waals surface area contributed by atoms with E-state index in [0.717, 1.165) is 10.4 Å². The summed E-state index contributed by atoms with van der Waals surface area (Å²) >= 11 is 0.694. The lowest BCUT2D eigenvalue weighted by Crippen LogP contribution is -2.29. The van der Waals surface area contributed by atoms with E-state index in [9.17, 15) is 23.6 Å². The molecule has 1 fully saturated rings. The number of rotatable bonds is 4. The molecule has 19 heavy (non-hydrogen) atoms. The number of hydrogen-bond donors (Lipinski definition) is 3. The lowest BCUT2D eigenvalue weighted by atomic mass is 10.3. The van der Waals surface area contributed by atoms with Crippen molar-refractivity contribution in [2.75, 3.05) is 18.5 Å². The number of nitrogens with one attached hydrogen (secondary N) is 1. The summed E-state index contributed by atoms with van der Waals surface area (Å²) in [6, 6.07) is 0.972. The molecule has 1 aromatic heterocycles. The number of nitrogen functional groups attached to an aromatic ring is 1. The summed E-state index contributed by atoms with van der Waals surface area (Å²) < 4.78 is 25.4. The zero-order chi connectivity index (χ0) is 14.2. The number of nitrogens with two attached hydrogens (primary N) is 1. The highest BCUT2D eigenvalue weighted by molar-refractivity contribution is 7.91. The molecule has 2 rings (SSSR count). The van der Waals surface area contributed by atoms with Gasteiger partial charge in [0.25, 0.3) is 10.0 Å². The van der Waals surface area contributed by atoms with Gasteiger partial charge in [-0.15, -0.1) is 0 Å². The maximum Gasteiger partial charge on any atom is 0.306 e. The second-order valence-corrected chi connectivity index (χ2v) is 7.20. The van der Waals surface area contributed by atoms with E-state index in [4.69, 9.17) is 5.84 Å². The van der Waals surface area contributed by atoms with E-state index in [1.807, 2.05) is 0 Å². The maximum absolute atomic E-state index is 12.2. The van der Waals surface area contributed by atoms with E-state index in [0.29, 0.717) is 17.8 Å². The van der Waals surface area contributed by atoms with Crippen molar-refractivity contribution in [3.63, 3.8) is 0 Å². The summed E-state index contributed by atoms with van der Waals surface area (Å²) in [6.07, 6.45) is -0.342. The smallest absolute Gasteiger partial charge is 0.306 e. The standard InChI is InChI=1S/C8H12N4O5S2/c9-10-8-6(12(14)15)3-7(18-8)19(16,17)11-2-1-5(13)4-11/h3,5,10,13H,1-2,4,9H2. The predicted octanol–water partition coefficient (Wildman–Crippen LogP) is -0.303. The number of thiophene rings is 1. The Balaban J connectivity index is 2.38. The topological polar surface area (TPSA) is 139 Å². The number of aliphatic hydroxyl groups excluding tert-OH is 1. The fourth-order valence-electron chi connectivity index (χ4n) is 1.78. The SMILES string of the molecule is NNc1sc(S(=O)(=O)N2CCC(O)C2)cc1[N+](=O)[O-]. The van der Waals surface area contributed by atoms with Gasteiger partial charge in [0.2, 0.25) is 0 Å². The Morgan fingerprint density at radius 3 is 2.74 bits per heavy atom. The van der Waals surface area contributed by atoms with E-state index < -0.39 is 21.1 Å². The van der Waals surface area contributed by atoms with Gasteiger partial charge >= 0.3 is 5.69 Å². The van der Waals surface area contributed by atoms with Crippen LogP contribution in [-0.2, 0) is 10.0 Å². The summed E-state index contributed by atoms with van der Waals surface area (Å²) in [5.74, 6) is 5.13. The van der Waals surface area contributed by atoms with Crippen LogP contribution in [0.15, 0.2) is 10.3 Å². The molecule has 1 atom stereocenters. The summed E-state index contributed by atoms with van der Waals surface area (Å²) in [4.78, 5) is 10.1. The Labute approximate surface area is 112 Å². The predicted molar refractivity (Wildman–Crippen MR) is 68.2 cm³/mol. The molecule has 0 saturated carbocycles. The molecule has 0 aromatic carbocycles.